The van der Waals surface area contributed by atoms with E-state index >= 15 is 0 Å². The molecule has 12 aromatic rings. The molecule has 8 aromatic carbocycles. The summed E-state index contributed by atoms with van der Waals surface area (Å²) >= 11 is 0. The Kier molecular flexibility index (Phi) is 39.5. The molecule has 0 amide bonds. The number of benzene rings is 8. The largest absolute Gasteiger partial charge is 2.00 e. The second-order valence-corrected chi connectivity index (χ2v) is 25.5. The van der Waals surface area contributed by atoms with E-state index in [9.17, 15) is 37.8 Å². The standard InChI is InChI=1S/4C12H11O2P.4C5H5N.2Co.2H2O/c4*13-15(14,11-7-3-1-4-8-11)12-9-5-2-6-10-12;4*1-2-4-6-5-3-1;;;;/h4*1-10H,(H,13,14);4*1-5H;;;2*1H2/q;;;;;;;;2*+2;;/p-4. The van der Waals surface area contributed by atoms with Gasteiger partial charge in [-0.15, -0.1) is 0 Å². The Labute approximate surface area is 535 Å². The second-order valence-electron chi connectivity index (χ2n) is 17.0. The van der Waals surface area contributed by atoms with Crippen molar-refractivity contribution in [2.24, 2.45) is 0 Å². The van der Waals surface area contributed by atoms with Crippen LogP contribution in [0.25, 0.3) is 0 Å². The Balaban J connectivity index is 0.000000515. The molecule has 0 bridgehead atoms. The second kappa shape index (κ2) is 44.5. The Hall–Kier alpha value is -7.95. The third-order valence-electron chi connectivity index (χ3n) is 11.0. The molecule has 0 aliphatic carbocycles. The zero-order valence-corrected chi connectivity index (χ0v) is 52.8. The van der Waals surface area contributed by atoms with Gasteiger partial charge in [-0.3, -0.25) is 19.9 Å². The van der Waals surface area contributed by atoms with Crippen molar-refractivity contribution in [2.45, 2.75) is 0 Å². The molecule has 4 heterocycles. The first kappa shape index (κ1) is 78.1. The Bertz CT molecular complexity index is 3000. The predicted molar refractivity (Wildman–Crippen MR) is 343 cm³/mol. The van der Waals surface area contributed by atoms with Crippen molar-refractivity contribution in [3.63, 3.8) is 0 Å². The number of pyridine rings is 4. The first-order valence-corrected chi connectivity index (χ1v) is 32.4. The predicted octanol–water partition coefficient (Wildman–Crippen LogP) is 7.78. The van der Waals surface area contributed by atoms with Crippen molar-refractivity contribution in [1.29, 1.82) is 0 Å². The maximum absolute atomic E-state index is 12.1. The minimum absolute atomic E-state index is 0. The number of nitrogens with zero attached hydrogens (tertiary/aromatic N) is 4. The van der Waals surface area contributed by atoms with Gasteiger partial charge in [0.25, 0.3) is 0 Å². The van der Waals surface area contributed by atoms with Gasteiger partial charge in [-0.2, -0.15) is 0 Å². The van der Waals surface area contributed by atoms with Gasteiger partial charge < -0.3 is 48.8 Å². The maximum Gasteiger partial charge on any atom is 2.00 e. The maximum atomic E-state index is 12.1. The third kappa shape index (κ3) is 28.3. The van der Waals surface area contributed by atoms with Crippen molar-refractivity contribution in [3.8, 4) is 0 Å². The van der Waals surface area contributed by atoms with E-state index in [1.807, 2.05) is 72.8 Å². The minimum Gasteiger partial charge on any atom is -0.793 e. The first-order valence-electron chi connectivity index (χ1n) is 25.9. The van der Waals surface area contributed by atoms with E-state index in [0.29, 0.717) is 42.4 Å². The molecule has 0 fully saturated rings. The number of rotatable bonds is 8. The van der Waals surface area contributed by atoms with Crippen LogP contribution in [0.1, 0.15) is 0 Å². The molecule has 0 saturated heterocycles. The van der Waals surface area contributed by atoms with Crippen molar-refractivity contribution in [3.05, 3.63) is 365 Å². The third-order valence-corrected chi connectivity index (χ3v) is 18.9. The van der Waals surface area contributed by atoms with E-state index < -0.39 is 29.5 Å². The summed E-state index contributed by atoms with van der Waals surface area (Å²) in [4.78, 5) is 63.4. The van der Waals surface area contributed by atoms with Crippen molar-refractivity contribution < 1.29 is 82.3 Å². The monoisotopic (exact) mass is 1340 g/mol. The van der Waals surface area contributed by atoms with Gasteiger partial charge in [0.15, 0.2) is 0 Å². The minimum atomic E-state index is -3.65. The van der Waals surface area contributed by atoms with Crippen LogP contribution in [0, 0.1) is 0 Å². The van der Waals surface area contributed by atoms with Gasteiger partial charge in [-0.25, -0.2) is 0 Å². The molecule has 0 aliphatic rings. The van der Waals surface area contributed by atoms with Crippen LogP contribution in [0.4, 0.5) is 0 Å². The molecular formula is C68H64Co2N4O10P4. The molecule has 20 heteroatoms. The van der Waals surface area contributed by atoms with Gasteiger partial charge in [0, 0.05) is 92.0 Å². The summed E-state index contributed by atoms with van der Waals surface area (Å²) in [5.41, 5.74) is 0. The van der Waals surface area contributed by atoms with Crippen LogP contribution in [-0.2, 0) is 51.8 Å². The summed E-state index contributed by atoms with van der Waals surface area (Å²) in [5.74, 6) is 0. The van der Waals surface area contributed by atoms with Gasteiger partial charge in [-0.05, 0) is 48.5 Å². The zero-order chi connectivity index (χ0) is 59.9. The van der Waals surface area contributed by atoms with E-state index in [1.54, 1.807) is 292 Å². The SMILES string of the molecule is O.O.O=P([O-])(c1ccccc1)c1ccccc1.O=P([O-])(c1ccccc1)c1ccccc1.O=P([O-])(c1ccccc1)c1ccccc1.O=P([O-])(c1ccccc1)c1ccccc1.[Co+2].[Co+2].c1ccncc1.c1ccncc1.c1ccncc1.c1ccncc1. The molecule has 4 N–H and O–H groups in total. The van der Waals surface area contributed by atoms with Crippen molar-refractivity contribution >= 4 is 71.9 Å². The number of hydrogen-bond acceptors (Lipinski definition) is 12. The summed E-state index contributed by atoms with van der Waals surface area (Å²) in [5, 5.41) is 2.86. The van der Waals surface area contributed by atoms with Gasteiger partial charge in [0.1, 0.15) is 0 Å². The molecule has 4 aromatic heterocycles. The van der Waals surface area contributed by atoms with Crippen molar-refractivity contribution in [1.82, 2.24) is 19.9 Å². The fraction of sp³-hybridized carbons (Fsp3) is 0. The quantitative estimate of drug-likeness (QED) is 0.132. The average molecular weight is 1340 g/mol. The fourth-order valence-corrected chi connectivity index (χ4v) is 12.6. The zero-order valence-electron chi connectivity index (χ0n) is 47.2. The average Bonchev–Trinajstić information content (AvgIpc) is 2.19. The first-order chi connectivity index (χ1) is 40.8. The molecule has 14 nitrogen and oxygen atoms in total. The van der Waals surface area contributed by atoms with Crippen LogP contribution >= 0.6 is 29.5 Å². The molecule has 0 aliphatic heterocycles. The molecule has 2 radical (unpaired) electrons. The van der Waals surface area contributed by atoms with Gasteiger partial charge in [-0.1, -0.05) is 267 Å². The van der Waals surface area contributed by atoms with Crippen LogP contribution < -0.4 is 62.0 Å². The number of aromatic nitrogens is 4. The molecule has 0 saturated carbocycles. The van der Waals surface area contributed by atoms with Crippen molar-refractivity contribution in [2.75, 3.05) is 0 Å². The fourth-order valence-electron chi connectivity index (χ4n) is 6.84. The van der Waals surface area contributed by atoms with Gasteiger partial charge >= 0.3 is 33.6 Å². The molecule has 454 valence electrons. The van der Waals surface area contributed by atoms with Crippen LogP contribution in [0.2, 0.25) is 0 Å². The summed E-state index contributed by atoms with van der Waals surface area (Å²) in [6.07, 6.45) is 14.0. The summed E-state index contributed by atoms with van der Waals surface area (Å²) in [6.45, 7) is 0. The van der Waals surface area contributed by atoms with Crippen LogP contribution in [0.3, 0.4) is 0 Å². The van der Waals surface area contributed by atoms with Crippen LogP contribution in [-0.4, -0.2) is 30.9 Å². The topological polar surface area (TPSA) is 275 Å². The normalized spacial score (nSPS) is 9.86. The molecule has 0 spiro atoms. The van der Waals surface area contributed by atoms with E-state index in [2.05, 4.69) is 19.9 Å². The Morgan fingerprint density at radius 3 is 0.341 bits per heavy atom. The smallest absolute Gasteiger partial charge is 0.793 e. The Morgan fingerprint density at radius 2 is 0.273 bits per heavy atom. The van der Waals surface area contributed by atoms with Crippen LogP contribution in [0.15, 0.2) is 365 Å². The van der Waals surface area contributed by atoms with E-state index in [0.717, 1.165) is 0 Å². The molecular weight excluding hydrogens is 1270 g/mol. The molecule has 0 atom stereocenters. The summed E-state index contributed by atoms with van der Waals surface area (Å²) < 4.78 is 48.2. The number of hydrogen-bond donors (Lipinski definition) is 0. The molecule has 12 rings (SSSR count). The van der Waals surface area contributed by atoms with Gasteiger partial charge in [0.2, 0.25) is 0 Å². The van der Waals surface area contributed by atoms with E-state index in [4.69, 9.17) is 0 Å². The summed E-state index contributed by atoms with van der Waals surface area (Å²) in [7, 11) is -14.6. The van der Waals surface area contributed by atoms with E-state index in [1.165, 1.54) is 0 Å². The van der Waals surface area contributed by atoms with E-state index in [-0.39, 0.29) is 44.5 Å². The molecule has 0 unspecified atom stereocenters. The van der Waals surface area contributed by atoms with Crippen LogP contribution in [0.5, 0.6) is 0 Å². The molecule has 88 heavy (non-hydrogen) atoms. The summed E-state index contributed by atoms with van der Waals surface area (Å²) in [6, 6.07) is 90.7. The van der Waals surface area contributed by atoms with Gasteiger partial charge in [0.05, 0.1) is 29.5 Å². The Morgan fingerprint density at radius 1 is 0.182 bits per heavy atom.